The summed E-state index contributed by atoms with van der Waals surface area (Å²) < 4.78 is 110. The van der Waals surface area contributed by atoms with Crippen LogP contribution in [0.5, 0.6) is 0 Å². The molecule has 0 radical (unpaired) electrons. The molecule has 0 aliphatic heterocycles. The van der Waals surface area contributed by atoms with Crippen LogP contribution in [0.15, 0.2) is 174 Å². The Kier molecular flexibility index (Phi) is 4.03. The van der Waals surface area contributed by atoms with E-state index in [0.717, 1.165) is 21.9 Å². The van der Waals surface area contributed by atoms with Crippen molar-refractivity contribution in [3.8, 4) is 33.7 Å². The molecule has 0 saturated carbocycles. The Labute approximate surface area is 273 Å². The predicted octanol–water partition coefficient (Wildman–Crippen LogP) is 11.5. The summed E-state index contributed by atoms with van der Waals surface area (Å²) in [7, 11) is 0. The third-order valence-electron chi connectivity index (χ3n) is 7.24. The normalized spacial score (nSPS) is 15.0. The minimum Gasteiger partial charge on any atom is -0.435 e. The van der Waals surface area contributed by atoms with Crippen LogP contribution in [0.1, 0.15) is 16.4 Å². The zero-order chi connectivity index (χ0) is 39.7. The molecule has 44 heavy (non-hydrogen) atoms. The molecule has 3 heteroatoms. The fraction of sp³-hybridized carbons (Fsp3) is 0. The molecule has 0 unspecified atom stereocenters. The van der Waals surface area contributed by atoms with Gasteiger partial charge in [0.05, 0.1) is 16.4 Å². The Morgan fingerprint density at radius 3 is 2.00 bits per heavy atom. The maximum absolute atomic E-state index is 9.31. The molecule has 208 valence electrons. The van der Waals surface area contributed by atoms with Gasteiger partial charge in [0, 0.05) is 28.2 Å². The van der Waals surface area contributed by atoms with Gasteiger partial charge in [-0.1, -0.05) is 109 Å². The van der Waals surface area contributed by atoms with Gasteiger partial charge >= 0.3 is 0 Å². The van der Waals surface area contributed by atoms with Crippen molar-refractivity contribution in [1.82, 2.24) is 4.98 Å². The second-order valence-electron chi connectivity index (χ2n) is 9.95. The van der Waals surface area contributed by atoms with Crippen LogP contribution < -0.4 is 4.90 Å². The first-order valence-electron chi connectivity index (χ1n) is 19.8. The third-order valence-corrected chi connectivity index (χ3v) is 7.24. The fourth-order valence-corrected chi connectivity index (χ4v) is 5.12. The van der Waals surface area contributed by atoms with E-state index in [1.165, 1.54) is 0 Å². The summed E-state index contributed by atoms with van der Waals surface area (Å²) in [4.78, 5) is 5.84. The lowest BCUT2D eigenvalue weighted by atomic mass is 10.0. The highest BCUT2D eigenvalue weighted by atomic mass is 16.3. The van der Waals surface area contributed by atoms with E-state index in [0.29, 0.717) is 11.4 Å². The van der Waals surface area contributed by atoms with Gasteiger partial charge in [0.2, 0.25) is 5.89 Å². The predicted molar refractivity (Wildman–Crippen MR) is 183 cm³/mol. The summed E-state index contributed by atoms with van der Waals surface area (Å²) in [5, 5.41) is 2.20. The quantitative estimate of drug-likeness (QED) is 0.197. The highest BCUT2D eigenvalue weighted by Crippen LogP contribution is 2.38. The number of oxazole rings is 1. The first-order valence-corrected chi connectivity index (χ1v) is 13.8. The largest absolute Gasteiger partial charge is 0.435 e. The van der Waals surface area contributed by atoms with Gasteiger partial charge in [-0.3, -0.25) is 0 Å². The standard InChI is InChI=1S/C41H28N2O/c1-3-11-32(12-4-1)41-42-39-17-9-16-38(40(39)44-41)31-22-26-37(27-23-31)43(35-14-5-2-6-15-35)36-24-20-30(21-25-36)34-19-18-29-10-7-8-13-33(29)28-34/h1-28H/i1D,3D,4D,9D,11D,12D,16D,17D,22D,23D,26D,27D. The molecular formula is C41H28N2O. The number of nitrogens with zero attached hydrogens (tertiary/aromatic N) is 2. The molecule has 0 bridgehead atoms. The molecule has 0 aliphatic carbocycles. The Morgan fingerprint density at radius 2 is 1.20 bits per heavy atom. The second-order valence-corrected chi connectivity index (χ2v) is 9.95. The van der Waals surface area contributed by atoms with Gasteiger partial charge in [0.1, 0.15) is 5.52 Å². The van der Waals surface area contributed by atoms with Gasteiger partial charge < -0.3 is 9.32 Å². The number of hydrogen-bond acceptors (Lipinski definition) is 3. The van der Waals surface area contributed by atoms with Crippen LogP contribution in [0.3, 0.4) is 0 Å². The van der Waals surface area contributed by atoms with Gasteiger partial charge in [0.15, 0.2) is 5.58 Å². The molecule has 0 atom stereocenters. The molecule has 0 saturated heterocycles. The number of rotatable bonds is 6. The molecule has 8 aromatic rings. The number of fused-ring (bicyclic) bond motifs is 2. The molecule has 0 N–H and O–H groups in total. The lowest BCUT2D eigenvalue weighted by Gasteiger charge is -2.26. The molecule has 7 aromatic carbocycles. The maximum Gasteiger partial charge on any atom is 0.227 e. The van der Waals surface area contributed by atoms with E-state index in [4.69, 9.17) is 15.4 Å². The zero-order valence-electron chi connectivity index (χ0n) is 35.0. The van der Waals surface area contributed by atoms with Crippen LogP contribution in [0.2, 0.25) is 0 Å². The van der Waals surface area contributed by atoms with Crippen LogP contribution in [0, 0.1) is 0 Å². The van der Waals surface area contributed by atoms with E-state index in [9.17, 15) is 5.48 Å². The van der Waals surface area contributed by atoms with Gasteiger partial charge in [-0.05, 0) is 88.0 Å². The van der Waals surface area contributed by atoms with Crippen LogP contribution in [0.4, 0.5) is 17.1 Å². The van der Waals surface area contributed by atoms with Crippen molar-refractivity contribution in [2.24, 2.45) is 0 Å². The Balaban J connectivity index is 1.31. The minimum absolute atomic E-state index is 0.0863. The minimum atomic E-state index is -0.654. The Morgan fingerprint density at radius 1 is 0.500 bits per heavy atom. The number of aromatic nitrogens is 1. The third kappa shape index (κ3) is 4.81. The van der Waals surface area contributed by atoms with E-state index in [1.54, 1.807) is 29.2 Å². The van der Waals surface area contributed by atoms with E-state index in [-0.39, 0.29) is 22.4 Å². The van der Waals surface area contributed by atoms with E-state index < -0.39 is 89.5 Å². The summed E-state index contributed by atoms with van der Waals surface area (Å²) >= 11 is 0. The Hall–Kier alpha value is -5.93. The molecular weight excluding hydrogens is 536 g/mol. The lowest BCUT2D eigenvalue weighted by Crippen LogP contribution is -2.09. The van der Waals surface area contributed by atoms with Crippen LogP contribution in [-0.4, -0.2) is 4.98 Å². The van der Waals surface area contributed by atoms with Crippen molar-refractivity contribution in [2.45, 2.75) is 0 Å². The first-order chi connectivity index (χ1) is 26.8. The molecule has 1 heterocycles. The SMILES string of the molecule is [2H]c1c([2H])c([2H])c(-c2nc3c([2H])c([2H])c([2H])c(-c4c([2H])c([2H])c(N(c5ccccc5)c5ccc(-c6ccc7ccccc7c6)cc5)c([2H])c4[2H])c3o2)c([2H])c1[2H]. The smallest absolute Gasteiger partial charge is 0.227 e. The van der Waals surface area contributed by atoms with Crippen LogP contribution >= 0.6 is 0 Å². The summed E-state index contributed by atoms with van der Waals surface area (Å²) in [5.74, 6) is -0.494. The molecule has 0 fully saturated rings. The number of benzene rings is 7. The maximum atomic E-state index is 9.31. The topological polar surface area (TPSA) is 29.3 Å². The summed E-state index contributed by atoms with van der Waals surface area (Å²) in [6.45, 7) is 0. The molecule has 8 rings (SSSR count). The van der Waals surface area contributed by atoms with Crippen molar-refractivity contribution in [3.63, 3.8) is 0 Å². The molecule has 3 nitrogen and oxygen atoms in total. The van der Waals surface area contributed by atoms with Gasteiger partial charge in [-0.2, -0.15) is 0 Å². The molecule has 0 aliphatic rings. The second kappa shape index (κ2) is 11.0. The van der Waals surface area contributed by atoms with Gasteiger partial charge in [0.25, 0.3) is 0 Å². The van der Waals surface area contributed by atoms with Crippen molar-refractivity contribution in [2.75, 3.05) is 4.90 Å². The van der Waals surface area contributed by atoms with E-state index >= 15 is 0 Å². The summed E-state index contributed by atoms with van der Waals surface area (Å²) in [6, 6.07) is 23.5. The van der Waals surface area contributed by atoms with Gasteiger partial charge in [-0.25, -0.2) is 4.98 Å². The molecule has 0 spiro atoms. The Bertz CT molecular complexity index is 2840. The first kappa shape index (κ1) is 16.1. The number of hydrogen-bond donors (Lipinski definition) is 0. The van der Waals surface area contributed by atoms with Crippen molar-refractivity contribution < 1.29 is 20.9 Å². The summed E-state index contributed by atoms with van der Waals surface area (Å²) in [5.41, 5.74) is 1.06. The van der Waals surface area contributed by atoms with E-state index in [2.05, 4.69) is 11.1 Å². The average molecular weight is 577 g/mol. The van der Waals surface area contributed by atoms with Crippen LogP contribution in [-0.2, 0) is 0 Å². The van der Waals surface area contributed by atoms with Crippen LogP contribution in [0.25, 0.3) is 55.6 Å². The zero-order valence-corrected chi connectivity index (χ0v) is 23.0. The fourth-order valence-electron chi connectivity index (χ4n) is 5.12. The van der Waals surface area contributed by atoms with Crippen molar-refractivity contribution >= 4 is 38.9 Å². The average Bonchev–Trinajstić information content (AvgIpc) is 3.65. The lowest BCUT2D eigenvalue weighted by molar-refractivity contribution is 0.621. The van der Waals surface area contributed by atoms with Crippen molar-refractivity contribution in [1.29, 1.82) is 0 Å². The summed E-state index contributed by atoms with van der Waals surface area (Å²) in [6.07, 6.45) is 0. The highest BCUT2D eigenvalue weighted by molar-refractivity contribution is 5.92. The highest BCUT2D eigenvalue weighted by Gasteiger charge is 2.16. The molecule has 0 amide bonds. The monoisotopic (exact) mass is 576 g/mol. The van der Waals surface area contributed by atoms with E-state index in [1.807, 2.05) is 66.7 Å². The van der Waals surface area contributed by atoms with Crippen molar-refractivity contribution in [3.05, 3.63) is 170 Å². The number of para-hydroxylation sites is 2. The molecule has 1 aromatic heterocycles. The number of anilines is 3. The van der Waals surface area contributed by atoms with Gasteiger partial charge in [-0.15, -0.1) is 0 Å².